The summed E-state index contributed by atoms with van der Waals surface area (Å²) in [4.78, 5) is 33.9. The fraction of sp³-hybridized carbons (Fsp3) is 0.375. The quantitative estimate of drug-likeness (QED) is 0.626. The van der Waals surface area contributed by atoms with Crippen molar-refractivity contribution in [3.05, 3.63) is 11.8 Å². The van der Waals surface area contributed by atoms with E-state index in [-0.39, 0.29) is 24.6 Å². The highest BCUT2D eigenvalue weighted by atomic mass is 35.5. The Morgan fingerprint density at radius 1 is 1.60 bits per heavy atom. The molecular formula is C8H6ClNO5. The van der Waals surface area contributed by atoms with Gasteiger partial charge in [-0.25, -0.2) is 4.79 Å². The standard InChI is InChI=1S/C8H6ClNO5/c9-6(12)2-10-5-1-4(11)3-14-7(5)15-8(10)13/h1,7H,2-3H2. The first kappa shape index (κ1) is 10.1. The molecule has 15 heavy (non-hydrogen) atoms. The normalized spacial score (nSPS) is 24.7. The lowest BCUT2D eigenvalue weighted by Gasteiger charge is -2.17. The molecule has 0 saturated carbocycles. The van der Waals surface area contributed by atoms with Gasteiger partial charge < -0.3 is 9.47 Å². The van der Waals surface area contributed by atoms with Gasteiger partial charge in [-0.2, -0.15) is 0 Å². The summed E-state index contributed by atoms with van der Waals surface area (Å²) in [6.07, 6.45) is -0.417. The molecule has 1 fully saturated rings. The lowest BCUT2D eigenvalue weighted by Crippen LogP contribution is -2.31. The van der Waals surface area contributed by atoms with Gasteiger partial charge >= 0.3 is 6.09 Å². The Hall–Kier alpha value is -1.40. The van der Waals surface area contributed by atoms with Gasteiger partial charge in [0.15, 0.2) is 5.78 Å². The molecule has 1 saturated heterocycles. The topological polar surface area (TPSA) is 72.9 Å². The Morgan fingerprint density at radius 3 is 3.00 bits per heavy atom. The number of hydrogen-bond acceptors (Lipinski definition) is 5. The zero-order valence-corrected chi connectivity index (χ0v) is 8.19. The van der Waals surface area contributed by atoms with Gasteiger partial charge in [0.05, 0.1) is 5.70 Å². The maximum Gasteiger partial charge on any atom is 0.417 e. The van der Waals surface area contributed by atoms with Crippen molar-refractivity contribution < 1.29 is 23.9 Å². The smallest absolute Gasteiger partial charge is 0.413 e. The highest BCUT2D eigenvalue weighted by Crippen LogP contribution is 2.26. The van der Waals surface area contributed by atoms with Crippen LogP contribution >= 0.6 is 11.6 Å². The molecule has 0 bridgehead atoms. The van der Waals surface area contributed by atoms with Crippen molar-refractivity contribution in [3.63, 3.8) is 0 Å². The number of ketones is 1. The minimum atomic E-state index is -0.897. The summed E-state index contributed by atoms with van der Waals surface area (Å²) in [5, 5.41) is -0.716. The van der Waals surface area contributed by atoms with E-state index in [1.807, 2.05) is 0 Å². The zero-order valence-electron chi connectivity index (χ0n) is 7.44. The highest BCUT2D eigenvalue weighted by molar-refractivity contribution is 6.64. The molecule has 0 radical (unpaired) electrons. The maximum atomic E-state index is 11.2. The van der Waals surface area contributed by atoms with Crippen LogP contribution in [0.1, 0.15) is 0 Å². The summed E-state index contributed by atoms with van der Waals surface area (Å²) >= 11 is 5.15. The third-order valence-electron chi connectivity index (χ3n) is 1.95. The van der Waals surface area contributed by atoms with Gasteiger partial charge in [0.1, 0.15) is 13.2 Å². The molecule has 1 amide bonds. The molecular weight excluding hydrogens is 226 g/mol. The van der Waals surface area contributed by atoms with E-state index in [1.54, 1.807) is 0 Å². The van der Waals surface area contributed by atoms with Crippen molar-refractivity contribution in [3.8, 4) is 0 Å². The summed E-state index contributed by atoms with van der Waals surface area (Å²) in [6.45, 7) is -0.469. The second-order valence-corrected chi connectivity index (χ2v) is 3.43. The number of carbonyl (C=O) groups is 3. The van der Waals surface area contributed by atoms with Gasteiger partial charge in [-0.15, -0.1) is 0 Å². The fourth-order valence-electron chi connectivity index (χ4n) is 1.36. The molecule has 0 aromatic rings. The van der Waals surface area contributed by atoms with E-state index in [2.05, 4.69) is 0 Å². The second kappa shape index (κ2) is 3.63. The first-order valence-electron chi connectivity index (χ1n) is 4.10. The number of hydrogen-bond donors (Lipinski definition) is 0. The highest BCUT2D eigenvalue weighted by Gasteiger charge is 2.41. The van der Waals surface area contributed by atoms with Crippen LogP contribution in [0.15, 0.2) is 11.8 Å². The van der Waals surface area contributed by atoms with Crippen molar-refractivity contribution >= 4 is 28.7 Å². The molecule has 0 N–H and O–H groups in total. The Morgan fingerprint density at radius 2 is 2.33 bits per heavy atom. The summed E-state index contributed by atoms with van der Waals surface area (Å²) in [7, 11) is 0. The van der Waals surface area contributed by atoms with Gasteiger partial charge in [-0.05, 0) is 11.6 Å². The molecule has 7 heteroatoms. The number of carbonyl (C=O) groups excluding carboxylic acids is 3. The first-order chi connectivity index (χ1) is 7.08. The minimum Gasteiger partial charge on any atom is -0.413 e. The lowest BCUT2D eigenvalue weighted by atomic mass is 10.2. The van der Waals surface area contributed by atoms with E-state index < -0.39 is 17.6 Å². The predicted octanol–water partition coefficient (Wildman–Crippen LogP) is 0.0133. The van der Waals surface area contributed by atoms with Crippen LogP contribution < -0.4 is 0 Å². The molecule has 1 atom stereocenters. The summed E-state index contributed by atoms with van der Waals surface area (Å²) in [6, 6.07) is 0. The Bertz CT molecular complexity index is 377. The maximum absolute atomic E-state index is 11.2. The second-order valence-electron chi connectivity index (χ2n) is 3.00. The molecule has 1 unspecified atom stereocenters. The van der Waals surface area contributed by atoms with Crippen LogP contribution in [-0.2, 0) is 19.1 Å². The average Bonchev–Trinajstić information content (AvgIpc) is 2.43. The average molecular weight is 232 g/mol. The molecule has 80 valence electrons. The lowest BCUT2D eigenvalue weighted by molar-refractivity contribution is -0.130. The third-order valence-corrected chi connectivity index (χ3v) is 2.07. The first-order valence-corrected chi connectivity index (χ1v) is 4.48. The molecule has 6 nitrogen and oxygen atoms in total. The van der Waals surface area contributed by atoms with E-state index in [0.29, 0.717) is 0 Å². The minimum absolute atomic E-state index is 0.135. The summed E-state index contributed by atoms with van der Waals surface area (Å²) in [5.74, 6) is -0.286. The number of amides is 1. The van der Waals surface area contributed by atoms with Crippen molar-refractivity contribution in [1.29, 1.82) is 0 Å². The van der Waals surface area contributed by atoms with Crippen LogP contribution in [0.2, 0.25) is 0 Å². The van der Waals surface area contributed by atoms with Gasteiger partial charge in [0, 0.05) is 6.08 Å². The van der Waals surface area contributed by atoms with E-state index in [4.69, 9.17) is 21.1 Å². The summed E-state index contributed by atoms with van der Waals surface area (Å²) in [5.41, 5.74) is 0.227. The van der Waals surface area contributed by atoms with Gasteiger partial charge in [-0.1, -0.05) is 0 Å². The number of ether oxygens (including phenoxy) is 2. The predicted molar refractivity (Wildman–Crippen MR) is 46.9 cm³/mol. The molecule has 0 aliphatic carbocycles. The number of rotatable bonds is 2. The van der Waals surface area contributed by atoms with Crippen LogP contribution in [-0.4, -0.2) is 41.5 Å². The Kier molecular flexibility index (Phi) is 2.45. The molecule has 0 aromatic heterocycles. The number of nitrogens with zero attached hydrogens (tertiary/aromatic N) is 1. The largest absolute Gasteiger partial charge is 0.417 e. The molecule has 2 rings (SSSR count). The molecule has 2 heterocycles. The molecule has 2 aliphatic rings. The van der Waals surface area contributed by atoms with Crippen molar-refractivity contribution in [1.82, 2.24) is 4.90 Å². The molecule has 0 spiro atoms. The van der Waals surface area contributed by atoms with Crippen LogP contribution in [0.3, 0.4) is 0 Å². The number of halogens is 1. The van der Waals surface area contributed by atoms with E-state index in [1.165, 1.54) is 6.08 Å². The van der Waals surface area contributed by atoms with Gasteiger partial charge in [0.25, 0.3) is 0 Å². The van der Waals surface area contributed by atoms with E-state index in [9.17, 15) is 14.4 Å². The van der Waals surface area contributed by atoms with Crippen LogP contribution in [0, 0.1) is 0 Å². The zero-order chi connectivity index (χ0) is 11.0. The van der Waals surface area contributed by atoms with E-state index >= 15 is 0 Å². The SMILES string of the molecule is O=C(Cl)CN1C(=O)OC2OCC(=O)C=C21. The monoisotopic (exact) mass is 231 g/mol. The van der Waals surface area contributed by atoms with Crippen molar-refractivity contribution in [2.24, 2.45) is 0 Å². The van der Waals surface area contributed by atoms with Crippen LogP contribution in [0.4, 0.5) is 4.79 Å². The Balaban J connectivity index is 2.26. The summed E-state index contributed by atoms with van der Waals surface area (Å²) < 4.78 is 9.70. The number of fused-ring (bicyclic) bond motifs is 1. The van der Waals surface area contributed by atoms with Crippen LogP contribution in [0.25, 0.3) is 0 Å². The molecule has 2 aliphatic heterocycles. The van der Waals surface area contributed by atoms with Crippen molar-refractivity contribution in [2.45, 2.75) is 6.29 Å². The van der Waals surface area contributed by atoms with Crippen LogP contribution in [0.5, 0.6) is 0 Å². The molecule has 0 aromatic carbocycles. The van der Waals surface area contributed by atoms with E-state index in [0.717, 1.165) is 4.90 Å². The van der Waals surface area contributed by atoms with Crippen molar-refractivity contribution in [2.75, 3.05) is 13.2 Å². The van der Waals surface area contributed by atoms with Gasteiger partial charge in [-0.3, -0.25) is 14.5 Å². The fourth-order valence-corrected chi connectivity index (χ4v) is 1.48. The van der Waals surface area contributed by atoms with Gasteiger partial charge in [0.2, 0.25) is 11.5 Å². The Labute approximate surface area is 89.4 Å². The third kappa shape index (κ3) is 1.86.